The third-order valence-corrected chi connectivity index (χ3v) is 3.74. The molecule has 1 aromatic rings. The molecule has 0 spiro atoms. The van der Waals surface area contributed by atoms with Crippen molar-refractivity contribution in [3.05, 3.63) is 29.3 Å². The smallest absolute Gasteiger partial charge is 0.0544 e. The average Bonchev–Trinajstić information content (AvgIpc) is 2.14. The third-order valence-electron chi connectivity index (χ3n) is 2.07. The van der Waals surface area contributed by atoms with E-state index in [1.54, 1.807) is 0 Å². The van der Waals surface area contributed by atoms with Crippen molar-refractivity contribution in [2.24, 2.45) is 0 Å². The minimum Gasteiger partial charge on any atom is -0.254 e. The van der Waals surface area contributed by atoms with Gasteiger partial charge in [0.2, 0.25) is 0 Å². The summed E-state index contributed by atoms with van der Waals surface area (Å²) in [6.07, 6.45) is 5.72. The molecule has 0 aliphatic heterocycles. The average molecular weight is 206 g/mol. The Hall–Kier alpha value is -1.07. The van der Waals surface area contributed by atoms with Crippen LogP contribution < -0.4 is 0 Å². The molecule has 1 nitrogen and oxygen atoms in total. The van der Waals surface area contributed by atoms with E-state index in [1.165, 1.54) is 0 Å². The van der Waals surface area contributed by atoms with Crippen LogP contribution in [0, 0.1) is 26.2 Å². The number of rotatable bonds is 3. The predicted molar refractivity (Wildman–Crippen MR) is 60.6 cm³/mol. The van der Waals surface area contributed by atoms with Crippen LogP contribution in [-0.2, 0) is 10.8 Å². The van der Waals surface area contributed by atoms with E-state index in [2.05, 4.69) is 5.92 Å². The van der Waals surface area contributed by atoms with Gasteiger partial charge in [0.25, 0.3) is 0 Å². The fourth-order valence-corrected chi connectivity index (χ4v) is 2.77. The van der Waals surface area contributed by atoms with Gasteiger partial charge in [-0.3, -0.25) is 4.21 Å². The molecule has 1 atom stereocenters. The van der Waals surface area contributed by atoms with E-state index in [0.717, 1.165) is 16.0 Å². The first-order valence-electron chi connectivity index (χ1n) is 4.55. The molecular weight excluding hydrogens is 192 g/mol. The molecular formula is C12H14OS. The van der Waals surface area contributed by atoms with Crippen molar-refractivity contribution in [3.63, 3.8) is 0 Å². The van der Waals surface area contributed by atoms with Crippen LogP contribution in [0.5, 0.6) is 0 Å². The quantitative estimate of drug-likeness (QED) is 0.694. The van der Waals surface area contributed by atoms with Crippen LogP contribution in [0.2, 0.25) is 0 Å². The SMILES string of the molecule is C#CCCS(=O)c1c(C)cccc1C. The van der Waals surface area contributed by atoms with Gasteiger partial charge in [-0.25, -0.2) is 0 Å². The lowest BCUT2D eigenvalue weighted by Gasteiger charge is -2.07. The molecule has 14 heavy (non-hydrogen) atoms. The largest absolute Gasteiger partial charge is 0.254 e. The molecule has 1 rings (SSSR count). The molecule has 0 aliphatic carbocycles. The van der Waals surface area contributed by atoms with E-state index in [-0.39, 0.29) is 0 Å². The van der Waals surface area contributed by atoms with Gasteiger partial charge in [-0.05, 0) is 25.0 Å². The van der Waals surface area contributed by atoms with E-state index in [0.29, 0.717) is 12.2 Å². The second-order valence-corrected chi connectivity index (χ2v) is 4.73. The molecule has 74 valence electrons. The summed E-state index contributed by atoms with van der Waals surface area (Å²) < 4.78 is 11.9. The highest BCUT2D eigenvalue weighted by Gasteiger charge is 2.08. The van der Waals surface area contributed by atoms with Crippen LogP contribution in [0.4, 0.5) is 0 Å². The molecule has 0 saturated carbocycles. The molecule has 0 fully saturated rings. The van der Waals surface area contributed by atoms with E-state index < -0.39 is 10.8 Å². The Bertz CT molecular complexity index is 368. The highest BCUT2D eigenvalue weighted by atomic mass is 32.2. The van der Waals surface area contributed by atoms with Crippen molar-refractivity contribution >= 4 is 10.8 Å². The van der Waals surface area contributed by atoms with Gasteiger partial charge in [-0.15, -0.1) is 12.3 Å². The number of aryl methyl sites for hydroxylation is 2. The van der Waals surface area contributed by atoms with E-state index in [1.807, 2.05) is 32.0 Å². The molecule has 0 aliphatic rings. The molecule has 2 heteroatoms. The fraction of sp³-hybridized carbons (Fsp3) is 0.333. The Kier molecular flexibility index (Phi) is 3.91. The molecule has 0 amide bonds. The summed E-state index contributed by atoms with van der Waals surface area (Å²) in [7, 11) is -0.949. The van der Waals surface area contributed by atoms with Gasteiger partial charge in [-0.1, -0.05) is 18.2 Å². The molecule has 0 saturated heterocycles. The second-order valence-electron chi connectivity index (χ2n) is 3.22. The Balaban J connectivity index is 2.95. The van der Waals surface area contributed by atoms with Gasteiger partial charge >= 0.3 is 0 Å². The maximum Gasteiger partial charge on any atom is 0.0544 e. The monoisotopic (exact) mass is 206 g/mol. The fourth-order valence-electron chi connectivity index (χ4n) is 1.41. The summed E-state index contributed by atoms with van der Waals surface area (Å²) in [5, 5.41) is 0. The van der Waals surface area contributed by atoms with Crippen LogP contribution in [0.15, 0.2) is 23.1 Å². The van der Waals surface area contributed by atoms with Gasteiger partial charge in [0.15, 0.2) is 0 Å². The predicted octanol–water partition coefficient (Wildman–Crippen LogP) is 2.43. The normalized spacial score (nSPS) is 12.1. The first-order valence-corrected chi connectivity index (χ1v) is 5.86. The summed E-state index contributed by atoms with van der Waals surface area (Å²) in [5.41, 5.74) is 2.17. The zero-order valence-electron chi connectivity index (χ0n) is 8.54. The summed E-state index contributed by atoms with van der Waals surface area (Å²) in [4.78, 5) is 0.947. The van der Waals surface area contributed by atoms with E-state index >= 15 is 0 Å². The summed E-state index contributed by atoms with van der Waals surface area (Å²) in [6.45, 7) is 3.96. The Labute approximate surface area is 88.0 Å². The minimum absolute atomic E-state index is 0.558. The molecule has 1 unspecified atom stereocenters. The second kappa shape index (κ2) is 4.97. The Morgan fingerprint density at radius 1 is 1.36 bits per heavy atom. The maximum absolute atomic E-state index is 11.9. The number of benzene rings is 1. The number of hydrogen-bond acceptors (Lipinski definition) is 1. The molecule has 0 N–H and O–H groups in total. The van der Waals surface area contributed by atoms with Gasteiger partial charge in [0.05, 0.1) is 10.8 Å². The first-order chi connectivity index (χ1) is 6.66. The molecule has 0 aromatic heterocycles. The maximum atomic E-state index is 11.9. The zero-order valence-corrected chi connectivity index (χ0v) is 9.36. The van der Waals surface area contributed by atoms with Crippen LogP contribution in [0.1, 0.15) is 17.5 Å². The molecule has 0 radical (unpaired) electrons. The third kappa shape index (κ3) is 2.46. The first kappa shape index (κ1) is 11.0. The summed E-state index contributed by atoms with van der Waals surface area (Å²) >= 11 is 0. The van der Waals surface area contributed by atoms with Gasteiger partial charge in [0.1, 0.15) is 0 Å². The van der Waals surface area contributed by atoms with Crippen LogP contribution in [0.3, 0.4) is 0 Å². The van der Waals surface area contributed by atoms with E-state index in [4.69, 9.17) is 6.42 Å². The standard InChI is InChI=1S/C12H14OS/c1-4-5-9-14(13)12-10(2)7-6-8-11(12)3/h1,6-8H,5,9H2,2-3H3. The van der Waals surface area contributed by atoms with Crippen molar-refractivity contribution in [1.29, 1.82) is 0 Å². The zero-order chi connectivity index (χ0) is 10.6. The van der Waals surface area contributed by atoms with Crippen LogP contribution in [-0.4, -0.2) is 9.96 Å². The van der Waals surface area contributed by atoms with Crippen LogP contribution >= 0.6 is 0 Å². The summed E-state index contributed by atoms with van der Waals surface area (Å²) in [6, 6.07) is 5.94. The van der Waals surface area contributed by atoms with Crippen molar-refractivity contribution in [2.75, 3.05) is 5.75 Å². The van der Waals surface area contributed by atoms with Gasteiger partial charge in [0, 0.05) is 17.1 Å². The lowest BCUT2D eigenvalue weighted by Crippen LogP contribution is -2.01. The minimum atomic E-state index is -0.949. The topological polar surface area (TPSA) is 17.1 Å². The van der Waals surface area contributed by atoms with Crippen molar-refractivity contribution in [2.45, 2.75) is 25.2 Å². The Morgan fingerprint density at radius 2 is 1.93 bits per heavy atom. The number of hydrogen-bond donors (Lipinski definition) is 0. The van der Waals surface area contributed by atoms with Crippen LogP contribution in [0.25, 0.3) is 0 Å². The Morgan fingerprint density at radius 3 is 2.43 bits per heavy atom. The highest BCUT2D eigenvalue weighted by Crippen LogP contribution is 2.18. The van der Waals surface area contributed by atoms with E-state index in [9.17, 15) is 4.21 Å². The lowest BCUT2D eigenvalue weighted by atomic mass is 10.2. The van der Waals surface area contributed by atoms with Crippen molar-refractivity contribution in [3.8, 4) is 12.3 Å². The lowest BCUT2D eigenvalue weighted by molar-refractivity contribution is 0.682. The molecule has 1 aromatic carbocycles. The van der Waals surface area contributed by atoms with Crippen molar-refractivity contribution in [1.82, 2.24) is 0 Å². The highest BCUT2D eigenvalue weighted by molar-refractivity contribution is 7.85. The summed E-state index contributed by atoms with van der Waals surface area (Å²) in [5.74, 6) is 3.07. The molecule has 0 bridgehead atoms. The van der Waals surface area contributed by atoms with Gasteiger partial charge in [-0.2, -0.15) is 0 Å². The number of terminal acetylenes is 1. The van der Waals surface area contributed by atoms with Crippen molar-refractivity contribution < 1.29 is 4.21 Å². The molecule has 0 heterocycles. The van der Waals surface area contributed by atoms with Gasteiger partial charge < -0.3 is 0 Å².